The molecule has 98 valence electrons. The molecule has 0 saturated heterocycles. The summed E-state index contributed by atoms with van der Waals surface area (Å²) in [6.45, 7) is 4.06. The average Bonchev–Trinajstić information content (AvgIpc) is 2.84. The van der Waals surface area contributed by atoms with Crippen LogP contribution in [0.1, 0.15) is 27.7 Å². The number of hydrogen-bond donors (Lipinski definition) is 2. The molecule has 0 aliphatic rings. The largest absolute Gasteiger partial charge is 0.271 e. The molecule has 4 nitrogen and oxygen atoms in total. The molecule has 2 aromatic rings. The molecule has 0 fully saturated rings. The zero-order valence-corrected chi connectivity index (χ0v) is 12.3. The molecule has 3 N–H and O–H groups in total. The Kier molecular flexibility index (Phi) is 4.07. The van der Waals surface area contributed by atoms with Crippen LogP contribution in [0.4, 0.5) is 0 Å². The summed E-state index contributed by atoms with van der Waals surface area (Å²) < 4.78 is 1.70. The van der Waals surface area contributed by atoms with Crippen LogP contribution in [-0.4, -0.2) is 9.78 Å². The first-order chi connectivity index (χ1) is 8.54. The Labute approximate surface area is 116 Å². The zero-order valence-electron chi connectivity index (χ0n) is 10.7. The van der Waals surface area contributed by atoms with Crippen molar-refractivity contribution in [2.24, 2.45) is 12.9 Å². The van der Waals surface area contributed by atoms with E-state index in [1.54, 1.807) is 16.0 Å². The van der Waals surface area contributed by atoms with E-state index in [1.807, 2.05) is 14.0 Å². The van der Waals surface area contributed by atoms with Gasteiger partial charge in [-0.1, -0.05) is 11.6 Å². The van der Waals surface area contributed by atoms with E-state index in [0.717, 1.165) is 17.7 Å². The first kappa shape index (κ1) is 13.5. The molecule has 1 unspecified atom stereocenters. The maximum Gasteiger partial charge on any atom is 0.130 e. The van der Waals surface area contributed by atoms with Gasteiger partial charge in [-0.05, 0) is 37.3 Å². The lowest BCUT2D eigenvalue weighted by molar-refractivity contribution is 0.557. The Balaban J connectivity index is 2.29. The molecule has 0 aromatic carbocycles. The maximum atomic E-state index is 6.25. The fraction of sp³-hybridized carbons (Fsp3) is 0.417. The quantitative estimate of drug-likeness (QED) is 0.670. The Hall–Kier alpha value is -0.880. The van der Waals surface area contributed by atoms with Gasteiger partial charge in [0.15, 0.2) is 0 Å². The molecular weight excluding hydrogens is 268 g/mol. The number of halogens is 1. The van der Waals surface area contributed by atoms with E-state index in [2.05, 4.69) is 28.9 Å². The third-order valence-corrected chi connectivity index (χ3v) is 4.70. The van der Waals surface area contributed by atoms with Crippen LogP contribution in [0.5, 0.6) is 0 Å². The number of aromatic nitrogens is 2. The van der Waals surface area contributed by atoms with Crippen LogP contribution >= 0.6 is 22.9 Å². The Bertz CT molecular complexity index is 546. The Morgan fingerprint density at radius 1 is 1.56 bits per heavy atom. The van der Waals surface area contributed by atoms with E-state index in [1.165, 1.54) is 10.4 Å². The van der Waals surface area contributed by atoms with Crippen LogP contribution in [0.2, 0.25) is 5.15 Å². The van der Waals surface area contributed by atoms with Crippen molar-refractivity contribution in [2.75, 3.05) is 0 Å². The van der Waals surface area contributed by atoms with Crippen LogP contribution in [0, 0.1) is 13.8 Å². The van der Waals surface area contributed by atoms with Gasteiger partial charge < -0.3 is 0 Å². The fourth-order valence-corrected chi connectivity index (χ4v) is 3.32. The van der Waals surface area contributed by atoms with Crippen LogP contribution in [0.25, 0.3) is 0 Å². The van der Waals surface area contributed by atoms with E-state index in [-0.39, 0.29) is 6.04 Å². The van der Waals surface area contributed by atoms with Gasteiger partial charge >= 0.3 is 0 Å². The summed E-state index contributed by atoms with van der Waals surface area (Å²) >= 11 is 7.96. The molecule has 1 atom stereocenters. The lowest BCUT2D eigenvalue weighted by atomic mass is 10.0. The normalized spacial score (nSPS) is 12.9. The van der Waals surface area contributed by atoms with Gasteiger partial charge in [0.1, 0.15) is 5.15 Å². The predicted molar refractivity (Wildman–Crippen MR) is 75.8 cm³/mol. The highest BCUT2D eigenvalue weighted by Gasteiger charge is 2.19. The number of thiophene rings is 1. The molecule has 6 heteroatoms. The Morgan fingerprint density at radius 2 is 2.28 bits per heavy atom. The third-order valence-electron chi connectivity index (χ3n) is 3.10. The van der Waals surface area contributed by atoms with Crippen LogP contribution in [0.15, 0.2) is 11.4 Å². The summed E-state index contributed by atoms with van der Waals surface area (Å²) in [7, 11) is 1.85. The van der Waals surface area contributed by atoms with Crippen LogP contribution < -0.4 is 11.3 Å². The highest BCUT2D eigenvalue weighted by Crippen LogP contribution is 2.29. The molecule has 0 bridgehead atoms. The predicted octanol–water partition coefficient (Wildman–Crippen LogP) is 2.50. The van der Waals surface area contributed by atoms with Gasteiger partial charge in [0.25, 0.3) is 0 Å². The average molecular weight is 285 g/mol. The second kappa shape index (κ2) is 5.40. The minimum Gasteiger partial charge on any atom is -0.271 e. The first-order valence-electron chi connectivity index (χ1n) is 5.72. The molecule has 0 aliphatic carbocycles. The van der Waals surface area contributed by atoms with Crippen molar-refractivity contribution in [3.05, 3.63) is 38.3 Å². The first-order valence-corrected chi connectivity index (χ1v) is 6.98. The monoisotopic (exact) mass is 284 g/mol. The zero-order chi connectivity index (χ0) is 13.3. The van der Waals surface area contributed by atoms with Gasteiger partial charge in [0.2, 0.25) is 0 Å². The summed E-state index contributed by atoms with van der Waals surface area (Å²) in [6.07, 6.45) is 0.746. The number of hydrogen-bond acceptors (Lipinski definition) is 4. The minimum atomic E-state index is 0.0744. The molecular formula is C12H17ClN4S. The second-order valence-corrected chi connectivity index (χ2v) is 5.68. The van der Waals surface area contributed by atoms with Crippen molar-refractivity contribution in [2.45, 2.75) is 26.3 Å². The summed E-state index contributed by atoms with van der Waals surface area (Å²) in [5.74, 6) is 5.67. The number of rotatable bonds is 4. The summed E-state index contributed by atoms with van der Waals surface area (Å²) in [5.41, 5.74) is 6.13. The molecule has 0 saturated carbocycles. The van der Waals surface area contributed by atoms with Crippen molar-refractivity contribution in [3.63, 3.8) is 0 Å². The number of nitrogens with two attached hydrogens (primary N) is 1. The lowest BCUT2D eigenvalue weighted by Crippen LogP contribution is -2.29. The van der Waals surface area contributed by atoms with Gasteiger partial charge in [-0.25, -0.2) is 0 Å². The highest BCUT2D eigenvalue weighted by atomic mass is 35.5. The van der Waals surface area contributed by atoms with Crippen molar-refractivity contribution < 1.29 is 0 Å². The fourth-order valence-electron chi connectivity index (χ4n) is 2.08. The molecule has 0 aliphatic heterocycles. The SMILES string of the molecule is Cc1ccsc1C(Cc1c(C)nn(C)c1Cl)NN. The van der Waals surface area contributed by atoms with Crippen molar-refractivity contribution in [1.82, 2.24) is 15.2 Å². The minimum absolute atomic E-state index is 0.0744. The van der Waals surface area contributed by atoms with Gasteiger partial charge in [0.05, 0.1) is 11.7 Å². The maximum absolute atomic E-state index is 6.25. The van der Waals surface area contributed by atoms with Crippen LogP contribution in [-0.2, 0) is 13.5 Å². The standard InChI is InChI=1S/C12H17ClN4S/c1-7-4-5-18-11(7)10(15-14)6-9-8(2)16-17(3)12(9)13/h4-5,10,15H,6,14H2,1-3H3. The molecule has 18 heavy (non-hydrogen) atoms. The number of hydrazine groups is 1. The summed E-state index contributed by atoms with van der Waals surface area (Å²) in [4.78, 5) is 1.25. The molecule has 2 rings (SSSR count). The molecule has 2 aromatic heterocycles. The van der Waals surface area contributed by atoms with Gasteiger partial charge in [-0.2, -0.15) is 5.10 Å². The Morgan fingerprint density at radius 3 is 2.72 bits per heavy atom. The van der Waals surface area contributed by atoms with E-state index in [4.69, 9.17) is 17.4 Å². The molecule has 0 spiro atoms. The highest BCUT2D eigenvalue weighted by molar-refractivity contribution is 7.10. The number of aryl methyl sites for hydroxylation is 3. The van der Waals surface area contributed by atoms with Crippen LogP contribution in [0.3, 0.4) is 0 Å². The van der Waals surface area contributed by atoms with E-state index in [0.29, 0.717) is 5.15 Å². The van der Waals surface area contributed by atoms with Gasteiger partial charge in [0, 0.05) is 17.5 Å². The topological polar surface area (TPSA) is 55.9 Å². The van der Waals surface area contributed by atoms with E-state index in [9.17, 15) is 0 Å². The summed E-state index contributed by atoms with van der Waals surface area (Å²) in [6, 6.07) is 2.17. The lowest BCUT2D eigenvalue weighted by Gasteiger charge is -2.15. The smallest absolute Gasteiger partial charge is 0.130 e. The second-order valence-electron chi connectivity index (χ2n) is 4.37. The van der Waals surface area contributed by atoms with E-state index >= 15 is 0 Å². The number of nitrogens with zero attached hydrogens (tertiary/aromatic N) is 2. The summed E-state index contributed by atoms with van der Waals surface area (Å²) in [5, 5.41) is 7.08. The molecule has 0 amide bonds. The van der Waals surface area contributed by atoms with Crippen molar-refractivity contribution in [1.29, 1.82) is 0 Å². The van der Waals surface area contributed by atoms with Gasteiger partial charge in [-0.3, -0.25) is 16.0 Å². The van der Waals surface area contributed by atoms with Crippen molar-refractivity contribution in [3.8, 4) is 0 Å². The molecule has 2 heterocycles. The third kappa shape index (κ3) is 2.44. The molecule has 0 radical (unpaired) electrons. The van der Waals surface area contributed by atoms with Gasteiger partial charge in [-0.15, -0.1) is 11.3 Å². The van der Waals surface area contributed by atoms with Crippen molar-refractivity contribution >= 4 is 22.9 Å². The van der Waals surface area contributed by atoms with E-state index < -0.39 is 0 Å². The number of nitrogens with one attached hydrogen (secondary N) is 1.